The van der Waals surface area contributed by atoms with Gasteiger partial charge in [-0.05, 0) is 68.3 Å². The highest BCUT2D eigenvalue weighted by molar-refractivity contribution is 7.99. The summed E-state index contributed by atoms with van der Waals surface area (Å²) in [5.41, 5.74) is 1.23. The molecule has 1 atom stereocenters. The number of nitrogens with zero attached hydrogens (tertiary/aromatic N) is 3. The fraction of sp³-hybridized carbons (Fsp3) is 0.385. The Morgan fingerprint density at radius 1 is 1.00 bits per heavy atom. The molecule has 0 bridgehead atoms. The van der Waals surface area contributed by atoms with Gasteiger partial charge in [0.2, 0.25) is 5.91 Å². The Balaban J connectivity index is 1.66. The summed E-state index contributed by atoms with van der Waals surface area (Å²) < 4.78 is 12.5. The molecule has 1 aromatic heterocycles. The van der Waals surface area contributed by atoms with Gasteiger partial charge >= 0.3 is 0 Å². The van der Waals surface area contributed by atoms with Crippen LogP contribution in [0.25, 0.3) is 0 Å². The largest absolute Gasteiger partial charge is 0.497 e. The summed E-state index contributed by atoms with van der Waals surface area (Å²) >= 11 is 1.31. The highest BCUT2D eigenvalue weighted by atomic mass is 32.2. The predicted molar refractivity (Wildman–Crippen MR) is 141 cm³/mol. The number of nitrogens with one attached hydrogen (secondary N) is 2. The highest BCUT2D eigenvalue weighted by Crippen LogP contribution is 2.26. The van der Waals surface area contributed by atoms with E-state index in [4.69, 9.17) is 9.47 Å². The molecule has 36 heavy (non-hydrogen) atoms. The van der Waals surface area contributed by atoms with Crippen LogP contribution in [-0.4, -0.2) is 46.0 Å². The Labute approximate surface area is 216 Å². The molecule has 10 heteroatoms. The molecule has 0 aliphatic rings. The Hall–Kier alpha value is -3.53. The smallest absolute Gasteiger partial charge is 0.251 e. The van der Waals surface area contributed by atoms with Crippen LogP contribution in [0.3, 0.4) is 0 Å². The van der Waals surface area contributed by atoms with Crippen molar-refractivity contribution in [2.45, 2.75) is 45.4 Å². The van der Waals surface area contributed by atoms with Crippen LogP contribution in [0.2, 0.25) is 0 Å². The van der Waals surface area contributed by atoms with Gasteiger partial charge < -0.3 is 24.7 Å². The number of aromatic nitrogens is 3. The van der Waals surface area contributed by atoms with Crippen LogP contribution in [0, 0.1) is 5.92 Å². The number of methoxy groups -OCH3 is 1. The topological polar surface area (TPSA) is 107 Å². The molecule has 0 radical (unpaired) electrons. The lowest BCUT2D eigenvalue weighted by molar-refractivity contribution is -0.113. The molecule has 0 aliphatic heterocycles. The molecule has 0 spiro atoms. The predicted octanol–water partition coefficient (Wildman–Crippen LogP) is 4.56. The first-order valence-electron chi connectivity index (χ1n) is 11.9. The second-order valence-corrected chi connectivity index (χ2v) is 9.25. The molecule has 0 saturated carbocycles. The summed E-state index contributed by atoms with van der Waals surface area (Å²) in [7, 11) is 1.58. The number of anilines is 1. The molecule has 2 N–H and O–H groups in total. The second kappa shape index (κ2) is 13.0. The molecular weight excluding hydrogens is 478 g/mol. The Kier molecular flexibility index (Phi) is 9.75. The van der Waals surface area contributed by atoms with Gasteiger partial charge in [0.05, 0.1) is 25.5 Å². The lowest BCUT2D eigenvalue weighted by atomic mass is 10.0. The van der Waals surface area contributed by atoms with Crippen molar-refractivity contribution < 1.29 is 19.1 Å². The van der Waals surface area contributed by atoms with E-state index in [0.717, 1.165) is 5.75 Å². The summed E-state index contributed by atoms with van der Waals surface area (Å²) in [5.74, 6) is 2.00. The normalized spacial score (nSPS) is 11.7. The molecule has 0 saturated heterocycles. The zero-order valence-corrected chi connectivity index (χ0v) is 22.1. The van der Waals surface area contributed by atoms with E-state index >= 15 is 0 Å². The van der Waals surface area contributed by atoms with E-state index in [0.29, 0.717) is 41.1 Å². The van der Waals surface area contributed by atoms with Gasteiger partial charge in [0, 0.05) is 17.8 Å². The molecule has 2 amide bonds. The van der Waals surface area contributed by atoms with Gasteiger partial charge in [-0.25, -0.2) is 0 Å². The van der Waals surface area contributed by atoms with E-state index in [1.54, 1.807) is 43.5 Å². The Bertz CT molecular complexity index is 1150. The fourth-order valence-corrected chi connectivity index (χ4v) is 4.37. The van der Waals surface area contributed by atoms with Crippen LogP contribution in [0.5, 0.6) is 11.5 Å². The first kappa shape index (κ1) is 27.1. The number of thioether (sulfide) groups is 1. The lowest BCUT2D eigenvalue weighted by Crippen LogP contribution is -2.33. The number of carbonyl (C=O) groups is 2. The maximum atomic E-state index is 12.9. The van der Waals surface area contributed by atoms with Crippen molar-refractivity contribution in [1.29, 1.82) is 0 Å². The first-order chi connectivity index (χ1) is 17.4. The average molecular weight is 512 g/mol. The van der Waals surface area contributed by atoms with Gasteiger partial charge in [-0.15, -0.1) is 10.2 Å². The van der Waals surface area contributed by atoms with Crippen molar-refractivity contribution in [3.05, 3.63) is 59.9 Å². The SMILES string of the molecule is CCOc1ccc(NC(=O)CSc2nnc([C@@H](NC(=O)c3ccc(OC)cc3)C(C)C)n2CC)cc1. The van der Waals surface area contributed by atoms with E-state index in [1.165, 1.54) is 11.8 Å². The van der Waals surface area contributed by atoms with Crippen LogP contribution in [0.15, 0.2) is 53.7 Å². The third-order valence-electron chi connectivity index (χ3n) is 5.43. The Morgan fingerprint density at radius 2 is 1.67 bits per heavy atom. The minimum absolute atomic E-state index is 0.0718. The van der Waals surface area contributed by atoms with Gasteiger partial charge in [0.25, 0.3) is 5.91 Å². The minimum Gasteiger partial charge on any atom is -0.497 e. The van der Waals surface area contributed by atoms with Crippen LogP contribution in [0.4, 0.5) is 5.69 Å². The number of ether oxygens (including phenoxy) is 2. The van der Waals surface area contributed by atoms with Gasteiger partial charge in [0.1, 0.15) is 11.5 Å². The van der Waals surface area contributed by atoms with Crippen molar-refractivity contribution in [2.24, 2.45) is 5.92 Å². The molecule has 0 fully saturated rings. The van der Waals surface area contributed by atoms with Crippen molar-refractivity contribution >= 4 is 29.3 Å². The quantitative estimate of drug-likeness (QED) is 0.343. The van der Waals surface area contributed by atoms with Gasteiger partial charge in [0.15, 0.2) is 11.0 Å². The third-order valence-corrected chi connectivity index (χ3v) is 6.39. The number of amides is 2. The molecule has 0 aliphatic carbocycles. The van der Waals surface area contributed by atoms with Gasteiger partial charge in [-0.1, -0.05) is 25.6 Å². The molecule has 192 valence electrons. The Morgan fingerprint density at radius 3 is 2.25 bits per heavy atom. The molecule has 9 nitrogen and oxygen atoms in total. The number of hydrogen-bond acceptors (Lipinski definition) is 7. The summed E-state index contributed by atoms with van der Waals surface area (Å²) in [5, 5.41) is 15.3. The molecular formula is C26H33N5O4S. The van der Waals surface area contributed by atoms with E-state index in [-0.39, 0.29) is 29.5 Å². The number of rotatable bonds is 12. The summed E-state index contributed by atoms with van der Waals surface area (Å²) in [6, 6.07) is 13.8. The monoisotopic (exact) mass is 511 g/mol. The highest BCUT2D eigenvalue weighted by Gasteiger charge is 2.26. The number of hydrogen-bond donors (Lipinski definition) is 2. The standard InChI is InChI=1S/C26H33N5O4S/c1-6-31-24(23(17(3)4)28-25(33)18-8-12-20(34-5)13-9-18)29-30-26(31)36-16-22(32)27-19-10-14-21(15-11-19)35-7-2/h8-15,17,23H,6-7,16H2,1-5H3,(H,27,32)(H,28,33)/t23-/m0/s1. The molecule has 1 heterocycles. The third kappa shape index (κ3) is 7.00. The summed E-state index contributed by atoms with van der Waals surface area (Å²) in [6.07, 6.45) is 0. The van der Waals surface area contributed by atoms with Crippen LogP contribution < -0.4 is 20.1 Å². The number of benzene rings is 2. The van der Waals surface area contributed by atoms with Crippen LogP contribution in [-0.2, 0) is 11.3 Å². The van der Waals surface area contributed by atoms with Gasteiger partial charge in [-0.3, -0.25) is 9.59 Å². The average Bonchev–Trinajstić information content (AvgIpc) is 3.29. The van der Waals surface area contributed by atoms with E-state index < -0.39 is 0 Å². The number of carbonyl (C=O) groups excluding carboxylic acids is 2. The fourth-order valence-electron chi connectivity index (χ4n) is 3.56. The summed E-state index contributed by atoms with van der Waals surface area (Å²) in [6.45, 7) is 9.14. The van der Waals surface area contributed by atoms with Crippen LogP contribution >= 0.6 is 11.8 Å². The molecule has 3 aromatic rings. The first-order valence-corrected chi connectivity index (χ1v) is 12.9. The minimum atomic E-state index is -0.348. The maximum Gasteiger partial charge on any atom is 0.251 e. The zero-order valence-electron chi connectivity index (χ0n) is 21.3. The second-order valence-electron chi connectivity index (χ2n) is 8.30. The van der Waals surface area contributed by atoms with E-state index in [1.807, 2.05) is 44.4 Å². The van der Waals surface area contributed by atoms with Crippen molar-refractivity contribution in [1.82, 2.24) is 20.1 Å². The molecule has 2 aromatic carbocycles. The van der Waals surface area contributed by atoms with Crippen molar-refractivity contribution in [2.75, 3.05) is 24.8 Å². The van der Waals surface area contributed by atoms with E-state index in [2.05, 4.69) is 20.8 Å². The zero-order chi connectivity index (χ0) is 26.1. The lowest BCUT2D eigenvalue weighted by Gasteiger charge is -2.22. The van der Waals surface area contributed by atoms with Crippen molar-refractivity contribution in [3.63, 3.8) is 0 Å². The molecule has 3 rings (SSSR count). The molecule has 0 unspecified atom stereocenters. The van der Waals surface area contributed by atoms with Crippen molar-refractivity contribution in [3.8, 4) is 11.5 Å². The summed E-state index contributed by atoms with van der Waals surface area (Å²) in [4.78, 5) is 25.4. The van der Waals surface area contributed by atoms with Gasteiger partial charge in [-0.2, -0.15) is 0 Å². The maximum absolute atomic E-state index is 12.9. The van der Waals surface area contributed by atoms with E-state index in [9.17, 15) is 9.59 Å². The van der Waals surface area contributed by atoms with Crippen LogP contribution in [0.1, 0.15) is 49.9 Å².